The van der Waals surface area contributed by atoms with E-state index >= 15 is 4.79 Å². The Labute approximate surface area is 268 Å². The van der Waals surface area contributed by atoms with Crippen molar-refractivity contribution in [2.24, 2.45) is 45.3 Å². The average molecular weight is 613 g/mol. The molecule has 0 aliphatic heterocycles. The van der Waals surface area contributed by atoms with E-state index in [1.807, 2.05) is 13.8 Å². The Hall–Kier alpha value is -2.69. The third-order valence-corrected chi connectivity index (χ3v) is 15.6. The van der Waals surface area contributed by atoms with E-state index in [9.17, 15) is 19.8 Å². The molecule has 2 bridgehead atoms. The van der Waals surface area contributed by atoms with Crippen LogP contribution in [-0.4, -0.2) is 27.9 Å². The van der Waals surface area contributed by atoms with E-state index in [-0.39, 0.29) is 39.9 Å². The molecule has 0 saturated heterocycles. The largest absolute Gasteiger partial charge is 0.481 e. The van der Waals surface area contributed by atoms with Crippen molar-refractivity contribution in [1.29, 1.82) is 0 Å². The lowest BCUT2D eigenvalue weighted by atomic mass is 9.38. The molecule has 5 heteroatoms. The number of fused-ring (bicyclic) bond motifs is 5. The van der Waals surface area contributed by atoms with Crippen LogP contribution in [0.1, 0.15) is 122 Å². The lowest BCUT2D eigenvalue weighted by molar-refractivity contribution is -0.173. The molecule has 1 aromatic carbocycles. The van der Waals surface area contributed by atoms with Crippen molar-refractivity contribution in [1.82, 2.24) is 0 Å². The topological polar surface area (TPSA) is 91.7 Å². The number of aliphatic carboxylic acids is 2. The molecule has 1 spiro atoms. The lowest BCUT2D eigenvalue weighted by Gasteiger charge is -2.63. The van der Waals surface area contributed by atoms with Gasteiger partial charge in [0.2, 0.25) is 0 Å². The van der Waals surface area contributed by atoms with Crippen LogP contribution in [0.5, 0.6) is 0 Å². The molecule has 242 valence electrons. The van der Waals surface area contributed by atoms with E-state index in [1.54, 1.807) is 0 Å². The van der Waals surface area contributed by atoms with Crippen molar-refractivity contribution in [2.75, 3.05) is 0 Å². The standard InChI is InChI=1S/C40H52O5/c1-23(2)26-21-28-32(41)40(19-14-31-37(5,34(44)45)17-9-18-39(31,40)7)29(26)22-38(28,6)25-11-12-27-24(20-25)10-13-30-35(27,3)15-8-16-36(30,4)33(42)43/h11-12,20-21,28-31H,1,8-10,13-19,22H2,2-7H3,(H,42,43)(H,44,45)/t28-,29+,30-,31+,35-,36+,37+,38-,39+,40-/m1/s1. The van der Waals surface area contributed by atoms with Gasteiger partial charge in [0.25, 0.3) is 0 Å². The summed E-state index contributed by atoms with van der Waals surface area (Å²) >= 11 is 0. The molecule has 8 rings (SSSR count). The van der Waals surface area contributed by atoms with Crippen LogP contribution in [0.3, 0.4) is 0 Å². The second-order valence-corrected chi connectivity index (χ2v) is 17.4. The van der Waals surface area contributed by atoms with Gasteiger partial charge >= 0.3 is 11.9 Å². The Morgan fingerprint density at radius 1 is 0.844 bits per heavy atom. The Kier molecular flexibility index (Phi) is 6.49. The molecule has 7 aliphatic carbocycles. The Balaban J connectivity index is 1.30. The molecule has 10 atom stereocenters. The van der Waals surface area contributed by atoms with Gasteiger partial charge in [-0.15, -0.1) is 0 Å². The average Bonchev–Trinajstić information content (AvgIpc) is 3.29. The highest BCUT2D eigenvalue weighted by Crippen LogP contribution is 2.75. The number of rotatable bonds is 4. The molecule has 2 N–H and O–H groups in total. The van der Waals surface area contributed by atoms with Gasteiger partial charge in [0.15, 0.2) is 0 Å². The number of aryl methyl sites for hydroxylation is 1. The number of benzene rings is 1. The smallest absolute Gasteiger partial charge is 0.309 e. The number of carboxylic acids is 2. The van der Waals surface area contributed by atoms with E-state index in [0.717, 1.165) is 69.8 Å². The maximum absolute atomic E-state index is 15.2. The van der Waals surface area contributed by atoms with Gasteiger partial charge < -0.3 is 10.2 Å². The number of allylic oxidation sites excluding steroid dienone is 3. The zero-order valence-corrected chi connectivity index (χ0v) is 28.2. The summed E-state index contributed by atoms with van der Waals surface area (Å²) in [5.41, 5.74) is 3.17. The first kappa shape index (κ1) is 30.9. The highest BCUT2D eigenvalue weighted by Gasteiger charge is 2.74. The SMILES string of the molecule is C=C(C)C1=C[C@@H]2C(=O)[C@@]3(CC[C@@H]4[C@]3(C)CCC[C@]4(C)C(=O)O)[C@H]1C[C@]2(C)c1ccc2c(c1)CC[C@H]1[C@@](C)(C(=O)O)CCC[C@]21C. The summed E-state index contributed by atoms with van der Waals surface area (Å²) in [6.45, 7) is 17.2. The van der Waals surface area contributed by atoms with Gasteiger partial charge in [-0.3, -0.25) is 14.4 Å². The number of carboxylic acid groups (broad SMARTS) is 2. The zero-order valence-electron chi connectivity index (χ0n) is 28.2. The second kappa shape index (κ2) is 9.44. The Morgan fingerprint density at radius 2 is 1.49 bits per heavy atom. The zero-order chi connectivity index (χ0) is 32.5. The van der Waals surface area contributed by atoms with Crippen LogP contribution in [0.4, 0.5) is 0 Å². The Bertz CT molecular complexity index is 1570. The number of Topliss-reactive ketones (excluding diaryl/α,β-unsaturated/α-hetero) is 1. The van der Waals surface area contributed by atoms with E-state index in [2.05, 4.69) is 58.5 Å². The van der Waals surface area contributed by atoms with Crippen LogP contribution >= 0.6 is 0 Å². The predicted molar refractivity (Wildman–Crippen MR) is 175 cm³/mol. The molecule has 0 radical (unpaired) electrons. The molecule has 1 aromatic rings. The van der Waals surface area contributed by atoms with Crippen molar-refractivity contribution in [2.45, 2.75) is 123 Å². The highest BCUT2D eigenvalue weighted by molar-refractivity contribution is 5.95. The van der Waals surface area contributed by atoms with Crippen molar-refractivity contribution >= 4 is 17.7 Å². The van der Waals surface area contributed by atoms with Gasteiger partial charge in [-0.1, -0.05) is 70.0 Å². The summed E-state index contributed by atoms with van der Waals surface area (Å²) in [5.74, 6) is -1.20. The van der Waals surface area contributed by atoms with Crippen LogP contribution in [0.25, 0.3) is 0 Å². The van der Waals surface area contributed by atoms with Gasteiger partial charge in [0.05, 0.1) is 10.8 Å². The molecule has 7 aliphatic rings. The van der Waals surface area contributed by atoms with Crippen LogP contribution < -0.4 is 0 Å². The van der Waals surface area contributed by atoms with Crippen LogP contribution in [0, 0.1) is 45.3 Å². The highest BCUT2D eigenvalue weighted by atomic mass is 16.4. The maximum Gasteiger partial charge on any atom is 0.309 e. The molecule has 0 unspecified atom stereocenters. The van der Waals surface area contributed by atoms with Gasteiger partial charge in [0.1, 0.15) is 5.78 Å². The van der Waals surface area contributed by atoms with Crippen LogP contribution in [0.2, 0.25) is 0 Å². The number of hydrogen-bond acceptors (Lipinski definition) is 3. The monoisotopic (exact) mass is 612 g/mol. The molecule has 0 aromatic heterocycles. The summed E-state index contributed by atoms with van der Waals surface area (Å²) < 4.78 is 0. The summed E-state index contributed by atoms with van der Waals surface area (Å²) in [5, 5.41) is 20.7. The molecule has 4 saturated carbocycles. The number of ketones is 1. The molecule has 4 fully saturated rings. The molecule has 5 nitrogen and oxygen atoms in total. The fourth-order valence-corrected chi connectivity index (χ4v) is 13.2. The van der Waals surface area contributed by atoms with Crippen molar-refractivity contribution in [3.8, 4) is 0 Å². The lowest BCUT2D eigenvalue weighted by Crippen LogP contribution is -2.64. The van der Waals surface area contributed by atoms with E-state index in [0.29, 0.717) is 12.2 Å². The number of hydrogen-bond donors (Lipinski definition) is 2. The molecule has 0 amide bonds. The summed E-state index contributed by atoms with van der Waals surface area (Å²) in [4.78, 5) is 40.4. The first-order chi connectivity index (χ1) is 21.0. The van der Waals surface area contributed by atoms with E-state index < -0.39 is 28.2 Å². The van der Waals surface area contributed by atoms with E-state index in [1.165, 1.54) is 22.3 Å². The fourth-order valence-electron chi connectivity index (χ4n) is 13.2. The maximum atomic E-state index is 15.2. The predicted octanol–water partition coefficient (Wildman–Crippen LogP) is 8.44. The quantitative estimate of drug-likeness (QED) is 0.356. The van der Waals surface area contributed by atoms with Gasteiger partial charge in [-0.2, -0.15) is 0 Å². The molecule has 0 heterocycles. The van der Waals surface area contributed by atoms with Gasteiger partial charge in [-0.05, 0) is 129 Å². The molecular formula is C40H52O5. The van der Waals surface area contributed by atoms with Crippen molar-refractivity contribution in [3.05, 3.63) is 58.7 Å². The van der Waals surface area contributed by atoms with Crippen molar-refractivity contribution < 1.29 is 24.6 Å². The summed E-state index contributed by atoms with van der Waals surface area (Å²) in [6.07, 6.45) is 11.5. The molecule has 45 heavy (non-hydrogen) atoms. The van der Waals surface area contributed by atoms with Gasteiger partial charge in [-0.25, -0.2) is 0 Å². The fraction of sp³-hybridized carbons (Fsp3) is 0.675. The van der Waals surface area contributed by atoms with Gasteiger partial charge in [0, 0.05) is 16.7 Å². The third-order valence-electron chi connectivity index (χ3n) is 15.6. The minimum atomic E-state index is -0.799. The van der Waals surface area contributed by atoms with Crippen LogP contribution in [-0.2, 0) is 31.6 Å². The number of carbonyl (C=O) groups excluding carboxylic acids is 1. The number of carbonyl (C=O) groups is 3. The normalized spacial score (nSPS) is 46.6. The molecular weight excluding hydrogens is 560 g/mol. The third kappa shape index (κ3) is 3.59. The minimum Gasteiger partial charge on any atom is -0.481 e. The summed E-state index contributed by atoms with van der Waals surface area (Å²) in [6, 6.07) is 6.92. The van der Waals surface area contributed by atoms with Crippen molar-refractivity contribution in [3.63, 3.8) is 0 Å². The Morgan fingerprint density at radius 3 is 2.13 bits per heavy atom. The summed E-state index contributed by atoms with van der Waals surface area (Å²) in [7, 11) is 0. The first-order valence-electron chi connectivity index (χ1n) is 17.5. The first-order valence-corrected chi connectivity index (χ1v) is 17.5. The van der Waals surface area contributed by atoms with E-state index in [4.69, 9.17) is 0 Å². The minimum absolute atomic E-state index is 0.0124. The second-order valence-electron chi connectivity index (χ2n) is 17.4. The van der Waals surface area contributed by atoms with Crippen LogP contribution in [0.15, 0.2) is 42.0 Å².